The molecule has 0 fully saturated rings. The fourth-order valence-electron chi connectivity index (χ4n) is 10.6. The Morgan fingerprint density at radius 2 is 0.618 bits per heavy atom. The standard InChI is InChI=1S/C70H133NO5/c1-3-5-7-9-11-13-15-17-19-20-21-22-26-29-32-35-38-42-46-50-54-58-62-68(73)67(66-72)71-69(74)63-59-55-51-47-43-39-36-33-30-27-24-23-25-28-31-34-37-41-45-49-53-57-61-65-76-70(75)64-60-56-52-48-44-40-18-16-14-12-10-8-6-4-2/h16,18,27,30,58,62,67-68,72-73H,3-15,17,19-26,28-29,31-57,59-61,63-66H2,1-2H3,(H,71,74)/b18-16-,30-27-,62-58+. The molecule has 76 heavy (non-hydrogen) atoms. The van der Waals surface area contributed by atoms with Gasteiger partial charge in [-0.1, -0.05) is 314 Å². The number of esters is 1. The Morgan fingerprint density at radius 1 is 0.355 bits per heavy atom. The second kappa shape index (κ2) is 65.6. The van der Waals surface area contributed by atoms with Gasteiger partial charge in [-0.25, -0.2) is 0 Å². The molecule has 2 unspecified atom stereocenters. The number of allylic oxidation sites excluding steroid dienone is 5. The minimum atomic E-state index is -0.850. The Hall–Kier alpha value is -1.92. The van der Waals surface area contributed by atoms with Gasteiger partial charge in [0.2, 0.25) is 5.91 Å². The van der Waals surface area contributed by atoms with Crippen molar-refractivity contribution < 1.29 is 24.5 Å². The van der Waals surface area contributed by atoms with Gasteiger partial charge in [0.1, 0.15) is 0 Å². The molecule has 0 aliphatic rings. The van der Waals surface area contributed by atoms with Crippen LogP contribution in [0.4, 0.5) is 0 Å². The van der Waals surface area contributed by atoms with Crippen LogP contribution in [0.25, 0.3) is 0 Å². The lowest BCUT2D eigenvalue weighted by atomic mass is 10.0. The molecule has 0 saturated heterocycles. The topological polar surface area (TPSA) is 95.9 Å². The van der Waals surface area contributed by atoms with Crippen molar-refractivity contribution in [3.05, 3.63) is 36.5 Å². The number of hydrogen-bond donors (Lipinski definition) is 3. The Bertz CT molecular complexity index is 1230. The summed E-state index contributed by atoms with van der Waals surface area (Å²) in [7, 11) is 0. The number of rotatable bonds is 64. The molecule has 0 bridgehead atoms. The maximum Gasteiger partial charge on any atom is 0.305 e. The molecule has 0 aromatic carbocycles. The van der Waals surface area contributed by atoms with Gasteiger partial charge in [-0.15, -0.1) is 0 Å². The average molecular weight is 1070 g/mol. The molecule has 0 aliphatic carbocycles. The number of aliphatic hydroxyl groups excluding tert-OH is 2. The van der Waals surface area contributed by atoms with E-state index in [1.54, 1.807) is 6.08 Å². The number of ether oxygens (including phenoxy) is 1. The molecule has 0 spiro atoms. The Balaban J connectivity index is 3.44. The van der Waals surface area contributed by atoms with E-state index in [1.165, 1.54) is 295 Å². The molecule has 2 atom stereocenters. The second-order valence-corrected chi connectivity index (χ2v) is 23.5. The van der Waals surface area contributed by atoms with Crippen LogP contribution in [-0.2, 0) is 14.3 Å². The summed E-state index contributed by atoms with van der Waals surface area (Å²) in [6, 6.07) is -0.634. The van der Waals surface area contributed by atoms with Gasteiger partial charge in [-0.05, 0) is 83.5 Å². The number of carbonyl (C=O) groups excluding carboxylic acids is 2. The van der Waals surface area contributed by atoms with Crippen molar-refractivity contribution in [3.8, 4) is 0 Å². The number of hydrogen-bond acceptors (Lipinski definition) is 5. The molecule has 6 heteroatoms. The van der Waals surface area contributed by atoms with Crippen LogP contribution >= 0.6 is 0 Å². The first-order valence-electron chi connectivity index (χ1n) is 34.3. The van der Waals surface area contributed by atoms with Crippen molar-refractivity contribution in [2.45, 2.75) is 386 Å². The van der Waals surface area contributed by atoms with Crippen molar-refractivity contribution >= 4 is 11.9 Å². The normalized spacial score (nSPS) is 12.7. The van der Waals surface area contributed by atoms with E-state index in [-0.39, 0.29) is 18.5 Å². The van der Waals surface area contributed by atoms with E-state index in [0.717, 1.165) is 51.4 Å². The highest BCUT2D eigenvalue weighted by atomic mass is 16.5. The number of unbranched alkanes of at least 4 members (excludes halogenated alkanes) is 49. The molecule has 448 valence electrons. The van der Waals surface area contributed by atoms with E-state index in [9.17, 15) is 19.8 Å². The molecule has 1 amide bonds. The van der Waals surface area contributed by atoms with Gasteiger partial charge in [0.25, 0.3) is 0 Å². The SMILES string of the molecule is CCCCCCC/C=C\CCCCCCCC(=O)OCCCCCCCCCCCCCC/C=C\CCCCCCCCCC(=O)NC(CO)C(O)/C=C/CCCCCCCCCCCCCCCCCCCCCC. The number of amides is 1. The maximum atomic E-state index is 12.5. The van der Waals surface area contributed by atoms with Crippen molar-refractivity contribution in [2.24, 2.45) is 0 Å². The minimum absolute atomic E-state index is 0.00282. The van der Waals surface area contributed by atoms with Crippen LogP contribution in [0.2, 0.25) is 0 Å². The molecule has 0 saturated carbocycles. The van der Waals surface area contributed by atoms with Crippen LogP contribution in [0.1, 0.15) is 373 Å². The zero-order valence-electron chi connectivity index (χ0n) is 51.3. The number of carbonyl (C=O) groups is 2. The Kier molecular flexibility index (Phi) is 63.9. The van der Waals surface area contributed by atoms with E-state index in [1.807, 2.05) is 6.08 Å². The van der Waals surface area contributed by atoms with Crippen LogP contribution in [0.15, 0.2) is 36.5 Å². The van der Waals surface area contributed by atoms with Gasteiger partial charge >= 0.3 is 5.97 Å². The summed E-state index contributed by atoms with van der Waals surface area (Å²) >= 11 is 0. The van der Waals surface area contributed by atoms with E-state index < -0.39 is 12.1 Å². The predicted molar refractivity (Wildman–Crippen MR) is 333 cm³/mol. The zero-order valence-corrected chi connectivity index (χ0v) is 51.3. The largest absolute Gasteiger partial charge is 0.466 e. The third-order valence-electron chi connectivity index (χ3n) is 15.9. The van der Waals surface area contributed by atoms with Crippen LogP contribution in [0.3, 0.4) is 0 Å². The van der Waals surface area contributed by atoms with Gasteiger partial charge in [0.05, 0.1) is 25.4 Å². The summed E-state index contributed by atoms with van der Waals surface area (Å²) in [5, 5.41) is 23.2. The van der Waals surface area contributed by atoms with Crippen LogP contribution in [0, 0.1) is 0 Å². The first kappa shape index (κ1) is 74.1. The molecule has 0 aromatic heterocycles. The van der Waals surface area contributed by atoms with Gasteiger partial charge in [0.15, 0.2) is 0 Å². The molecule has 0 rings (SSSR count). The fraction of sp³-hybridized carbons (Fsp3) is 0.886. The van der Waals surface area contributed by atoms with Gasteiger partial charge < -0.3 is 20.3 Å². The lowest BCUT2D eigenvalue weighted by Crippen LogP contribution is -2.45. The predicted octanol–water partition coefficient (Wildman–Crippen LogP) is 21.9. The summed E-state index contributed by atoms with van der Waals surface area (Å²) in [6.45, 7) is 4.92. The van der Waals surface area contributed by atoms with Gasteiger partial charge in [-0.2, -0.15) is 0 Å². The monoisotopic (exact) mass is 1070 g/mol. The quantitative estimate of drug-likeness (QED) is 0.0320. The molecule has 0 heterocycles. The van der Waals surface area contributed by atoms with E-state index >= 15 is 0 Å². The molecular weight excluding hydrogens is 935 g/mol. The van der Waals surface area contributed by atoms with E-state index in [2.05, 4.69) is 43.5 Å². The number of aliphatic hydroxyl groups is 2. The third-order valence-corrected chi connectivity index (χ3v) is 15.9. The smallest absolute Gasteiger partial charge is 0.305 e. The summed E-state index contributed by atoms with van der Waals surface area (Å²) in [5.74, 6) is -0.0682. The summed E-state index contributed by atoms with van der Waals surface area (Å²) in [5.41, 5.74) is 0. The highest BCUT2D eigenvalue weighted by molar-refractivity contribution is 5.76. The fourth-order valence-corrected chi connectivity index (χ4v) is 10.6. The summed E-state index contributed by atoms with van der Waals surface area (Å²) < 4.78 is 5.48. The van der Waals surface area contributed by atoms with Crippen molar-refractivity contribution in [2.75, 3.05) is 13.2 Å². The van der Waals surface area contributed by atoms with Gasteiger partial charge in [-0.3, -0.25) is 9.59 Å². The van der Waals surface area contributed by atoms with Crippen molar-refractivity contribution in [1.29, 1.82) is 0 Å². The molecule has 0 aromatic rings. The number of nitrogens with one attached hydrogen (secondary N) is 1. The highest BCUT2D eigenvalue weighted by Crippen LogP contribution is 2.18. The van der Waals surface area contributed by atoms with Gasteiger partial charge in [0, 0.05) is 12.8 Å². The Labute approximate surface area is 474 Å². The first-order chi connectivity index (χ1) is 37.5. The molecule has 6 nitrogen and oxygen atoms in total. The Morgan fingerprint density at radius 3 is 0.934 bits per heavy atom. The average Bonchev–Trinajstić information content (AvgIpc) is 3.42. The highest BCUT2D eigenvalue weighted by Gasteiger charge is 2.18. The summed E-state index contributed by atoms with van der Waals surface area (Å²) in [6.07, 6.45) is 83.5. The summed E-state index contributed by atoms with van der Waals surface area (Å²) in [4.78, 5) is 24.6. The first-order valence-corrected chi connectivity index (χ1v) is 34.3. The zero-order chi connectivity index (χ0) is 55.0. The van der Waals surface area contributed by atoms with Crippen LogP contribution < -0.4 is 5.32 Å². The van der Waals surface area contributed by atoms with Crippen molar-refractivity contribution in [3.63, 3.8) is 0 Å². The van der Waals surface area contributed by atoms with E-state index in [4.69, 9.17) is 4.74 Å². The van der Waals surface area contributed by atoms with Crippen LogP contribution in [0.5, 0.6) is 0 Å². The maximum absolute atomic E-state index is 12.5. The van der Waals surface area contributed by atoms with E-state index in [0.29, 0.717) is 19.4 Å². The molecular formula is C70H133NO5. The van der Waals surface area contributed by atoms with Crippen molar-refractivity contribution in [1.82, 2.24) is 5.32 Å². The second-order valence-electron chi connectivity index (χ2n) is 23.5. The molecule has 3 N–H and O–H groups in total. The lowest BCUT2D eigenvalue weighted by Gasteiger charge is -2.20. The minimum Gasteiger partial charge on any atom is -0.466 e. The molecule has 0 radical (unpaired) electrons. The molecule has 0 aliphatic heterocycles. The lowest BCUT2D eigenvalue weighted by molar-refractivity contribution is -0.143. The third kappa shape index (κ3) is 61.3. The van der Waals surface area contributed by atoms with Crippen LogP contribution in [-0.4, -0.2) is 47.4 Å².